The maximum Gasteiger partial charge on any atom is 0.229 e. The van der Waals surface area contributed by atoms with Crippen LogP contribution < -0.4 is 5.32 Å². The summed E-state index contributed by atoms with van der Waals surface area (Å²) in [6.45, 7) is 0.578. The standard InChI is InChI=1S/C17H14N6S/c1-2-6-14(7-3-1)23-12-20-22-17(23)19-10-13-11-24-16(21-13)15-8-4-5-9-18-15/h1-9,11-12H,10H2,(H,19,22). The molecule has 0 amide bonds. The fraction of sp³-hybridized carbons (Fsp3) is 0.0588. The van der Waals surface area contributed by atoms with Gasteiger partial charge in [0.15, 0.2) is 0 Å². The highest BCUT2D eigenvalue weighted by Gasteiger charge is 2.08. The molecule has 1 N–H and O–H groups in total. The molecule has 0 atom stereocenters. The van der Waals surface area contributed by atoms with Crippen LogP contribution >= 0.6 is 11.3 Å². The maximum atomic E-state index is 4.62. The van der Waals surface area contributed by atoms with Gasteiger partial charge in [-0.1, -0.05) is 24.3 Å². The van der Waals surface area contributed by atoms with Gasteiger partial charge in [-0.05, 0) is 24.3 Å². The SMILES string of the molecule is c1ccc(-n2cnnc2NCc2csc(-c3ccccn3)n2)cc1. The summed E-state index contributed by atoms with van der Waals surface area (Å²) in [7, 11) is 0. The van der Waals surface area contributed by atoms with E-state index in [0.29, 0.717) is 12.5 Å². The first-order valence-electron chi connectivity index (χ1n) is 7.45. The van der Waals surface area contributed by atoms with Crippen LogP contribution in [-0.2, 0) is 6.54 Å². The number of para-hydroxylation sites is 1. The highest BCUT2D eigenvalue weighted by molar-refractivity contribution is 7.13. The topological polar surface area (TPSA) is 68.5 Å². The van der Waals surface area contributed by atoms with Gasteiger partial charge in [-0.15, -0.1) is 21.5 Å². The van der Waals surface area contributed by atoms with Crippen molar-refractivity contribution in [1.29, 1.82) is 0 Å². The van der Waals surface area contributed by atoms with Crippen LogP contribution in [0.1, 0.15) is 5.69 Å². The molecule has 3 heterocycles. The summed E-state index contributed by atoms with van der Waals surface area (Å²) in [5.74, 6) is 0.689. The van der Waals surface area contributed by atoms with Crippen LogP contribution in [0.25, 0.3) is 16.4 Å². The molecule has 0 saturated carbocycles. The third-order valence-corrected chi connectivity index (χ3v) is 4.36. The van der Waals surface area contributed by atoms with E-state index in [9.17, 15) is 0 Å². The van der Waals surface area contributed by atoms with Crippen molar-refractivity contribution >= 4 is 17.3 Å². The zero-order valence-corrected chi connectivity index (χ0v) is 13.5. The van der Waals surface area contributed by atoms with Crippen molar-refractivity contribution in [2.45, 2.75) is 6.54 Å². The van der Waals surface area contributed by atoms with E-state index in [1.54, 1.807) is 23.9 Å². The van der Waals surface area contributed by atoms with Crippen LogP contribution in [0, 0.1) is 0 Å². The molecule has 0 bridgehead atoms. The molecule has 4 aromatic rings. The Hall–Kier alpha value is -3.06. The average molecular weight is 334 g/mol. The molecular formula is C17H14N6S. The Balaban J connectivity index is 1.49. The number of aromatic nitrogens is 5. The molecule has 6 nitrogen and oxygen atoms in total. The quantitative estimate of drug-likeness (QED) is 0.606. The van der Waals surface area contributed by atoms with E-state index < -0.39 is 0 Å². The number of pyridine rings is 1. The van der Waals surface area contributed by atoms with Crippen LogP contribution in [0.15, 0.2) is 66.4 Å². The zero-order chi connectivity index (χ0) is 16.2. The van der Waals surface area contributed by atoms with Gasteiger partial charge in [-0.25, -0.2) is 4.98 Å². The molecule has 7 heteroatoms. The number of nitrogens with one attached hydrogen (secondary N) is 1. The van der Waals surface area contributed by atoms with Crippen LogP contribution in [0.2, 0.25) is 0 Å². The smallest absolute Gasteiger partial charge is 0.229 e. The number of hydrogen-bond donors (Lipinski definition) is 1. The van der Waals surface area contributed by atoms with Gasteiger partial charge in [0.25, 0.3) is 0 Å². The van der Waals surface area contributed by atoms with E-state index in [-0.39, 0.29) is 0 Å². The van der Waals surface area contributed by atoms with E-state index in [4.69, 9.17) is 0 Å². The van der Waals surface area contributed by atoms with Gasteiger partial charge < -0.3 is 5.32 Å². The lowest BCUT2D eigenvalue weighted by Gasteiger charge is -2.07. The highest BCUT2D eigenvalue weighted by Crippen LogP contribution is 2.22. The first-order chi connectivity index (χ1) is 11.9. The van der Waals surface area contributed by atoms with Gasteiger partial charge in [-0.3, -0.25) is 9.55 Å². The van der Waals surface area contributed by atoms with Gasteiger partial charge in [0.1, 0.15) is 11.3 Å². The monoisotopic (exact) mass is 334 g/mol. The predicted octanol–water partition coefficient (Wildman–Crippen LogP) is 3.40. The molecule has 0 saturated heterocycles. The lowest BCUT2D eigenvalue weighted by atomic mass is 10.3. The Morgan fingerprint density at radius 3 is 2.75 bits per heavy atom. The lowest BCUT2D eigenvalue weighted by Crippen LogP contribution is -2.06. The molecule has 1 aromatic carbocycles. The van der Waals surface area contributed by atoms with E-state index in [1.807, 2.05) is 58.5 Å². The minimum Gasteiger partial charge on any atom is -0.348 e. The summed E-state index contributed by atoms with van der Waals surface area (Å²) in [5.41, 5.74) is 2.85. The third kappa shape index (κ3) is 3.02. The molecule has 4 rings (SSSR count). The minimum absolute atomic E-state index is 0.578. The average Bonchev–Trinajstić information content (AvgIpc) is 3.31. The van der Waals surface area contributed by atoms with Crippen molar-refractivity contribution in [2.75, 3.05) is 5.32 Å². The Morgan fingerprint density at radius 1 is 1.04 bits per heavy atom. The third-order valence-electron chi connectivity index (χ3n) is 3.45. The Bertz CT molecular complexity index is 916. The van der Waals surface area contributed by atoms with Crippen LogP contribution in [-0.4, -0.2) is 24.7 Å². The summed E-state index contributed by atoms with van der Waals surface area (Å²) in [5, 5.41) is 14.4. The first-order valence-corrected chi connectivity index (χ1v) is 8.33. The normalized spacial score (nSPS) is 10.7. The second kappa shape index (κ2) is 6.59. The molecule has 0 aliphatic carbocycles. The summed E-state index contributed by atoms with van der Waals surface area (Å²) >= 11 is 1.58. The molecular weight excluding hydrogens is 320 g/mol. The first kappa shape index (κ1) is 14.5. The number of nitrogens with zero attached hydrogens (tertiary/aromatic N) is 5. The Kier molecular flexibility index (Phi) is 3.99. The fourth-order valence-electron chi connectivity index (χ4n) is 2.30. The maximum absolute atomic E-state index is 4.62. The summed E-state index contributed by atoms with van der Waals surface area (Å²) in [4.78, 5) is 8.95. The van der Waals surface area contributed by atoms with Crippen LogP contribution in [0.3, 0.4) is 0 Å². The molecule has 3 aromatic heterocycles. The van der Waals surface area contributed by atoms with Crippen molar-refractivity contribution in [2.24, 2.45) is 0 Å². The van der Waals surface area contributed by atoms with Gasteiger partial charge >= 0.3 is 0 Å². The molecule has 24 heavy (non-hydrogen) atoms. The van der Waals surface area contributed by atoms with Gasteiger partial charge in [-0.2, -0.15) is 0 Å². The molecule has 0 aliphatic heterocycles. The van der Waals surface area contributed by atoms with E-state index in [1.165, 1.54) is 0 Å². The second-order valence-corrected chi connectivity index (χ2v) is 5.93. The fourth-order valence-corrected chi connectivity index (χ4v) is 3.09. The van der Waals surface area contributed by atoms with Gasteiger partial charge in [0.05, 0.1) is 23.6 Å². The van der Waals surface area contributed by atoms with Gasteiger partial charge in [0, 0.05) is 11.6 Å². The largest absolute Gasteiger partial charge is 0.348 e. The summed E-state index contributed by atoms with van der Waals surface area (Å²) in [6.07, 6.45) is 3.47. The Morgan fingerprint density at radius 2 is 1.92 bits per heavy atom. The molecule has 0 aliphatic rings. The van der Waals surface area contributed by atoms with Crippen molar-refractivity contribution in [3.8, 4) is 16.4 Å². The molecule has 0 unspecified atom stereocenters. The second-order valence-electron chi connectivity index (χ2n) is 5.07. The molecule has 118 valence electrons. The highest BCUT2D eigenvalue weighted by atomic mass is 32.1. The van der Waals surface area contributed by atoms with E-state index in [0.717, 1.165) is 22.1 Å². The minimum atomic E-state index is 0.578. The van der Waals surface area contributed by atoms with Crippen molar-refractivity contribution in [3.05, 3.63) is 72.1 Å². The number of hydrogen-bond acceptors (Lipinski definition) is 6. The van der Waals surface area contributed by atoms with Crippen molar-refractivity contribution < 1.29 is 0 Å². The number of benzene rings is 1. The predicted molar refractivity (Wildman–Crippen MR) is 94.0 cm³/mol. The summed E-state index contributed by atoms with van der Waals surface area (Å²) < 4.78 is 1.91. The number of anilines is 1. The lowest BCUT2D eigenvalue weighted by molar-refractivity contribution is 0.981. The molecule has 0 radical (unpaired) electrons. The summed E-state index contributed by atoms with van der Waals surface area (Å²) in [6, 6.07) is 15.8. The number of rotatable bonds is 5. The van der Waals surface area contributed by atoms with Gasteiger partial charge in [0.2, 0.25) is 5.95 Å². The van der Waals surface area contributed by atoms with Crippen LogP contribution in [0.5, 0.6) is 0 Å². The molecule has 0 spiro atoms. The van der Waals surface area contributed by atoms with Crippen molar-refractivity contribution in [3.63, 3.8) is 0 Å². The van der Waals surface area contributed by atoms with Crippen LogP contribution in [0.4, 0.5) is 5.95 Å². The number of thiazole rings is 1. The van der Waals surface area contributed by atoms with E-state index in [2.05, 4.69) is 25.5 Å². The zero-order valence-electron chi connectivity index (χ0n) is 12.7. The Labute approximate surface area is 142 Å². The molecule has 0 fully saturated rings. The van der Waals surface area contributed by atoms with Crippen molar-refractivity contribution in [1.82, 2.24) is 24.7 Å². The van der Waals surface area contributed by atoms with E-state index >= 15 is 0 Å².